The first-order valence-electron chi connectivity index (χ1n) is 6.43. The average molecular weight is 284 g/mol. The summed E-state index contributed by atoms with van der Waals surface area (Å²) in [4.78, 5) is 5.08. The van der Waals surface area contributed by atoms with E-state index in [1.165, 1.54) is 0 Å². The summed E-state index contributed by atoms with van der Waals surface area (Å²) in [5.41, 5.74) is 2.07. The molecule has 2 aromatic rings. The van der Waals surface area contributed by atoms with Gasteiger partial charge >= 0.3 is 6.61 Å². The van der Waals surface area contributed by atoms with Crippen molar-refractivity contribution in [3.05, 3.63) is 30.0 Å². The van der Waals surface area contributed by atoms with Crippen molar-refractivity contribution in [3.63, 3.8) is 0 Å². The first kappa shape index (κ1) is 14.7. The average Bonchev–Trinajstić information content (AvgIpc) is 2.78. The van der Waals surface area contributed by atoms with Gasteiger partial charge < -0.3 is 19.7 Å². The van der Waals surface area contributed by atoms with Crippen LogP contribution in [0.15, 0.2) is 24.4 Å². The number of nitrogens with zero attached hydrogens (tertiary/aromatic N) is 1. The van der Waals surface area contributed by atoms with Crippen molar-refractivity contribution in [1.29, 1.82) is 0 Å². The molecule has 0 radical (unpaired) electrons. The van der Waals surface area contributed by atoms with E-state index in [2.05, 4.69) is 9.72 Å². The fourth-order valence-electron chi connectivity index (χ4n) is 2.09. The Balaban J connectivity index is 1.87. The van der Waals surface area contributed by atoms with E-state index in [4.69, 9.17) is 0 Å². The highest BCUT2D eigenvalue weighted by molar-refractivity contribution is 5.84. The zero-order valence-electron chi connectivity index (χ0n) is 11.3. The second-order valence-electron chi connectivity index (χ2n) is 4.73. The smallest absolute Gasteiger partial charge is 0.345 e. The second kappa shape index (κ2) is 6.67. The first-order chi connectivity index (χ1) is 9.56. The molecule has 0 saturated heterocycles. The number of aromatic amines is 1. The van der Waals surface area contributed by atoms with Gasteiger partial charge in [0.25, 0.3) is 0 Å². The number of H-pyrrole nitrogens is 1. The topological polar surface area (TPSA) is 48.5 Å². The highest BCUT2D eigenvalue weighted by Gasteiger charge is 2.07. The van der Waals surface area contributed by atoms with E-state index < -0.39 is 6.61 Å². The zero-order valence-corrected chi connectivity index (χ0v) is 11.3. The Hall–Kier alpha value is -1.66. The molecule has 1 aromatic carbocycles. The number of fused-ring (bicyclic) bond motifs is 1. The minimum atomic E-state index is -2.71. The summed E-state index contributed by atoms with van der Waals surface area (Å²) in [5.74, 6) is 0.233. The Morgan fingerprint density at radius 3 is 2.90 bits per heavy atom. The Morgan fingerprint density at radius 1 is 1.35 bits per heavy atom. The maximum absolute atomic E-state index is 11.8. The third kappa shape index (κ3) is 3.91. The lowest BCUT2D eigenvalue weighted by molar-refractivity contribution is -0.131. The minimum absolute atomic E-state index is 0.0167. The number of benzene rings is 1. The molecule has 6 heteroatoms. The zero-order chi connectivity index (χ0) is 14.5. The van der Waals surface area contributed by atoms with Crippen LogP contribution in [0, 0.1) is 0 Å². The molecule has 20 heavy (non-hydrogen) atoms. The summed E-state index contributed by atoms with van der Waals surface area (Å²) < 4.78 is 27.9. The molecule has 0 spiro atoms. The molecule has 2 rings (SSSR count). The molecule has 0 fully saturated rings. The van der Waals surface area contributed by atoms with Gasteiger partial charge in [-0.2, -0.15) is 8.78 Å². The van der Waals surface area contributed by atoms with Crippen molar-refractivity contribution in [2.45, 2.75) is 13.0 Å². The molecule has 1 aromatic heterocycles. The van der Waals surface area contributed by atoms with Crippen molar-refractivity contribution in [2.75, 3.05) is 26.7 Å². The number of hydrogen-bond donors (Lipinski definition) is 2. The highest BCUT2D eigenvalue weighted by Crippen LogP contribution is 2.23. The molecule has 0 aliphatic carbocycles. The van der Waals surface area contributed by atoms with Gasteiger partial charge in [0.2, 0.25) is 0 Å². The first-order valence-corrected chi connectivity index (χ1v) is 6.43. The van der Waals surface area contributed by atoms with E-state index in [1.54, 1.807) is 12.1 Å². The van der Waals surface area contributed by atoms with E-state index in [0.717, 1.165) is 29.4 Å². The molecule has 0 amide bonds. The highest BCUT2D eigenvalue weighted by atomic mass is 19.3. The van der Waals surface area contributed by atoms with Gasteiger partial charge in [-0.25, -0.2) is 0 Å². The molecule has 1 heterocycles. The number of nitrogens with one attached hydrogen (secondary N) is 1. The van der Waals surface area contributed by atoms with Crippen LogP contribution in [-0.4, -0.2) is 48.3 Å². The minimum Gasteiger partial charge on any atom is -0.508 e. The number of aromatic hydroxyl groups is 1. The Morgan fingerprint density at radius 2 is 2.15 bits per heavy atom. The summed E-state index contributed by atoms with van der Waals surface area (Å²) in [6, 6.07) is 5.19. The number of ether oxygens (including phenoxy) is 1. The largest absolute Gasteiger partial charge is 0.508 e. The van der Waals surface area contributed by atoms with Gasteiger partial charge in [-0.05, 0) is 37.2 Å². The van der Waals surface area contributed by atoms with Crippen molar-refractivity contribution in [3.8, 4) is 5.75 Å². The number of hydrogen-bond acceptors (Lipinski definition) is 3. The Bertz CT molecular complexity index is 557. The lowest BCUT2D eigenvalue weighted by Gasteiger charge is -2.16. The molecule has 0 unspecified atom stereocenters. The van der Waals surface area contributed by atoms with Gasteiger partial charge in [0.15, 0.2) is 0 Å². The monoisotopic (exact) mass is 284 g/mol. The maximum atomic E-state index is 11.8. The third-order valence-electron chi connectivity index (χ3n) is 3.23. The molecule has 0 saturated carbocycles. The van der Waals surface area contributed by atoms with E-state index in [9.17, 15) is 13.9 Å². The molecular formula is C14H18F2N2O2. The van der Waals surface area contributed by atoms with Crippen LogP contribution in [0.1, 0.15) is 5.56 Å². The quantitative estimate of drug-likeness (QED) is 0.821. The van der Waals surface area contributed by atoms with Crippen LogP contribution >= 0.6 is 0 Å². The lowest BCUT2D eigenvalue weighted by atomic mass is 10.1. The lowest BCUT2D eigenvalue weighted by Crippen LogP contribution is -2.26. The van der Waals surface area contributed by atoms with Gasteiger partial charge in [-0.1, -0.05) is 0 Å². The fourth-order valence-corrected chi connectivity index (χ4v) is 2.09. The SMILES string of the molecule is CN(CCOC(F)F)CCc1c[nH]c2ccc(O)cc12. The Labute approximate surface area is 116 Å². The van der Waals surface area contributed by atoms with Crippen LogP contribution in [0.2, 0.25) is 0 Å². The van der Waals surface area contributed by atoms with Gasteiger partial charge in [0, 0.05) is 30.2 Å². The number of phenolic OH excluding ortho intramolecular Hbond substituents is 1. The third-order valence-corrected chi connectivity index (χ3v) is 3.23. The van der Waals surface area contributed by atoms with Gasteiger partial charge in [-0.15, -0.1) is 0 Å². The standard InChI is InChI=1S/C14H18F2N2O2/c1-18(6-7-20-14(15)16)5-4-10-9-17-13-3-2-11(19)8-12(10)13/h2-3,8-9,14,17,19H,4-7H2,1H3. The van der Waals surface area contributed by atoms with Crippen LogP contribution in [0.4, 0.5) is 8.78 Å². The van der Waals surface area contributed by atoms with Crippen LogP contribution in [-0.2, 0) is 11.2 Å². The molecule has 0 atom stereocenters. The van der Waals surface area contributed by atoms with Crippen LogP contribution < -0.4 is 0 Å². The summed E-state index contributed by atoms with van der Waals surface area (Å²) in [5, 5.41) is 10.5. The van der Waals surface area contributed by atoms with Crippen molar-refractivity contribution in [1.82, 2.24) is 9.88 Å². The normalized spacial score (nSPS) is 11.8. The number of phenols is 1. The van der Waals surface area contributed by atoms with Gasteiger partial charge in [0.05, 0.1) is 6.61 Å². The van der Waals surface area contributed by atoms with Crippen LogP contribution in [0.25, 0.3) is 10.9 Å². The number of alkyl halides is 2. The van der Waals surface area contributed by atoms with Gasteiger partial charge in [0.1, 0.15) is 5.75 Å². The molecule has 0 aliphatic rings. The van der Waals surface area contributed by atoms with Crippen LogP contribution in [0.3, 0.4) is 0 Å². The summed E-state index contributed by atoms with van der Waals surface area (Å²) in [6.45, 7) is -1.50. The number of likely N-dealkylation sites (N-methyl/N-ethyl adjacent to an activating group) is 1. The summed E-state index contributed by atoms with van der Waals surface area (Å²) in [7, 11) is 1.86. The predicted molar refractivity (Wildman–Crippen MR) is 73.1 cm³/mol. The molecule has 2 N–H and O–H groups in total. The van der Waals surface area contributed by atoms with E-state index in [1.807, 2.05) is 24.2 Å². The number of halogens is 2. The molecular weight excluding hydrogens is 266 g/mol. The summed E-state index contributed by atoms with van der Waals surface area (Å²) in [6.07, 6.45) is 2.68. The fraction of sp³-hybridized carbons (Fsp3) is 0.429. The predicted octanol–water partition coefficient (Wildman–Crippen LogP) is 2.59. The molecule has 4 nitrogen and oxygen atoms in total. The van der Waals surface area contributed by atoms with Crippen LogP contribution in [0.5, 0.6) is 5.75 Å². The Kier molecular flexibility index (Phi) is 4.92. The number of aromatic nitrogens is 1. The second-order valence-corrected chi connectivity index (χ2v) is 4.73. The molecule has 110 valence electrons. The van der Waals surface area contributed by atoms with E-state index in [-0.39, 0.29) is 12.4 Å². The van der Waals surface area contributed by atoms with Crippen molar-refractivity contribution < 1.29 is 18.6 Å². The van der Waals surface area contributed by atoms with E-state index >= 15 is 0 Å². The van der Waals surface area contributed by atoms with Crippen molar-refractivity contribution in [2.24, 2.45) is 0 Å². The van der Waals surface area contributed by atoms with E-state index in [0.29, 0.717) is 6.54 Å². The van der Waals surface area contributed by atoms with Crippen molar-refractivity contribution >= 4 is 10.9 Å². The molecule has 0 aliphatic heterocycles. The summed E-state index contributed by atoms with van der Waals surface area (Å²) >= 11 is 0. The number of rotatable bonds is 7. The van der Waals surface area contributed by atoms with Gasteiger partial charge in [-0.3, -0.25) is 0 Å². The maximum Gasteiger partial charge on any atom is 0.345 e. The molecule has 0 bridgehead atoms.